The first-order chi connectivity index (χ1) is 15.5. The van der Waals surface area contributed by atoms with Crippen molar-refractivity contribution in [3.8, 4) is 5.69 Å². The monoisotopic (exact) mass is 435 g/mol. The van der Waals surface area contributed by atoms with Gasteiger partial charge < -0.3 is 13.9 Å². The number of nitrogens with one attached hydrogen (secondary N) is 1. The van der Waals surface area contributed by atoms with Gasteiger partial charge in [0.05, 0.1) is 17.9 Å². The smallest absolute Gasteiger partial charge is 0.411 e. The van der Waals surface area contributed by atoms with Gasteiger partial charge in [0, 0.05) is 28.8 Å². The average Bonchev–Trinajstić information content (AvgIpc) is 3.32. The fourth-order valence-corrected chi connectivity index (χ4v) is 3.05. The van der Waals surface area contributed by atoms with E-state index in [1.54, 1.807) is 43.3 Å². The minimum absolute atomic E-state index is 0.171. The molecule has 0 saturated carbocycles. The Morgan fingerprint density at radius 2 is 1.97 bits per heavy atom. The minimum atomic E-state index is -0.625. The third kappa shape index (κ3) is 4.46. The highest BCUT2D eigenvalue weighted by atomic mass is 16.5. The number of rotatable bonds is 6. The van der Waals surface area contributed by atoms with E-state index in [4.69, 9.17) is 13.9 Å². The van der Waals surface area contributed by atoms with Gasteiger partial charge in [0.25, 0.3) is 0 Å². The first kappa shape index (κ1) is 20.7. The van der Waals surface area contributed by atoms with Gasteiger partial charge in [-0.05, 0) is 41.6 Å². The molecule has 0 spiro atoms. The van der Waals surface area contributed by atoms with E-state index in [1.165, 1.54) is 23.1 Å². The highest BCUT2D eigenvalue weighted by Gasteiger charge is 2.16. The highest BCUT2D eigenvalue weighted by Crippen LogP contribution is 2.23. The molecule has 0 aliphatic carbocycles. The lowest BCUT2D eigenvalue weighted by Crippen LogP contribution is -2.13. The summed E-state index contributed by atoms with van der Waals surface area (Å²) in [6.07, 6.45) is 0.741. The van der Waals surface area contributed by atoms with Crippen LogP contribution in [0.15, 0.2) is 64.1 Å². The number of amides is 1. The number of hydrogen-bond donors (Lipinski definition) is 1. The first-order valence-corrected chi connectivity index (χ1v) is 9.55. The van der Waals surface area contributed by atoms with Crippen LogP contribution >= 0.6 is 0 Å². The molecular formula is C21H17N5O6. The molecule has 0 bridgehead atoms. The maximum absolute atomic E-state index is 12.7. The summed E-state index contributed by atoms with van der Waals surface area (Å²) < 4.78 is 16.9. The van der Waals surface area contributed by atoms with Crippen LogP contribution < -0.4 is 10.9 Å². The number of tetrazole rings is 1. The second-order valence-corrected chi connectivity index (χ2v) is 6.49. The largest absolute Gasteiger partial charge is 0.457 e. The molecule has 2 heterocycles. The van der Waals surface area contributed by atoms with Crippen LogP contribution in [-0.2, 0) is 16.1 Å². The summed E-state index contributed by atoms with van der Waals surface area (Å²) in [6, 6.07) is 12.7. The molecule has 0 radical (unpaired) electrons. The average molecular weight is 435 g/mol. The van der Waals surface area contributed by atoms with Gasteiger partial charge >= 0.3 is 17.7 Å². The number of esters is 1. The zero-order valence-electron chi connectivity index (χ0n) is 16.8. The number of nitrogens with zero attached hydrogens (tertiary/aromatic N) is 4. The Balaban J connectivity index is 1.57. The molecule has 0 atom stereocenters. The molecular weight excluding hydrogens is 418 g/mol. The summed E-state index contributed by atoms with van der Waals surface area (Å²) in [7, 11) is 0. The van der Waals surface area contributed by atoms with E-state index in [0.29, 0.717) is 22.3 Å². The van der Waals surface area contributed by atoms with Crippen molar-refractivity contribution >= 4 is 28.7 Å². The summed E-state index contributed by atoms with van der Waals surface area (Å²) in [4.78, 5) is 36.4. The van der Waals surface area contributed by atoms with Crippen LogP contribution in [0.2, 0.25) is 0 Å². The van der Waals surface area contributed by atoms with E-state index in [1.807, 2.05) is 0 Å². The lowest BCUT2D eigenvalue weighted by molar-refractivity contribution is 0.0473. The predicted octanol–water partition coefficient (Wildman–Crippen LogP) is 2.69. The molecule has 0 aliphatic rings. The molecule has 1 N–H and O–H groups in total. The SMILES string of the molecule is CCOC(=O)Nc1ccc2c(COC(=O)c3ccccc3-n3cnnn3)cc(=O)oc2c1. The maximum atomic E-state index is 12.7. The molecule has 0 fully saturated rings. The molecule has 1 amide bonds. The molecule has 11 nitrogen and oxygen atoms in total. The fraction of sp³-hybridized carbons (Fsp3) is 0.143. The van der Waals surface area contributed by atoms with Crippen LogP contribution in [0.1, 0.15) is 22.8 Å². The number of aromatic nitrogens is 4. The number of para-hydroxylation sites is 1. The molecule has 2 aromatic heterocycles. The molecule has 162 valence electrons. The van der Waals surface area contributed by atoms with Crippen LogP contribution in [0.3, 0.4) is 0 Å². The number of fused-ring (bicyclic) bond motifs is 1. The Bertz CT molecular complexity index is 1330. The molecule has 0 saturated heterocycles. The second kappa shape index (κ2) is 9.08. The standard InChI is InChI=1S/C21H17N5O6/c1-2-30-21(29)23-14-7-8-15-13(9-19(27)32-18(15)10-14)11-31-20(28)16-5-3-4-6-17(16)26-12-22-24-25-26/h3-10,12H,2,11H2,1H3,(H,23,29). The van der Waals surface area contributed by atoms with Crippen LogP contribution in [0.25, 0.3) is 16.7 Å². The minimum Gasteiger partial charge on any atom is -0.457 e. The Kier molecular flexibility index (Phi) is 5.88. The molecule has 32 heavy (non-hydrogen) atoms. The zero-order chi connectivity index (χ0) is 22.5. The molecule has 11 heteroatoms. The van der Waals surface area contributed by atoms with Crippen molar-refractivity contribution < 1.29 is 23.5 Å². The summed E-state index contributed by atoms with van der Waals surface area (Å²) >= 11 is 0. The van der Waals surface area contributed by atoms with Crippen molar-refractivity contribution in [1.82, 2.24) is 20.2 Å². The van der Waals surface area contributed by atoms with E-state index in [-0.39, 0.29) is 24.4 Å². The van der Waals surface area contributed by atoms with Crippen LogP contribution in [0.4, 0.5) is 10.5 Å². The Hall–Kier alpha value is -4.54. The lowest BCUT2D eigenvalue weighted by atomic mass is 10.1. The van der Waals surface area contributed by atoms with Gasteiger partial charge in [0.1, 0.15) is 18.5 Å². The van der Waals surface area contributed by atoms with E-state index in [2.05, 4.69) is 20.8 Å². The van der Waals surface area contributed by atoms with Gasteiger partial charge in [0.15, 0.2) is 0 Å². The van der Waals surface area contributed by atoms with E-state index >= 15 is 0 Å². The third-order valence-electron chi connectivity index (χ3n) is 4.43. The van der Waals surface area contributed by atoms with Crippen molar-refractivity contribution in [3.05, 3.63) is 76.4 Å². The molecule has 4 rings (SSSR count). The molecule has 4 aromatic rings. The number of hydrogen-bond acceptors (Lipinski definition) is 9. The van der Waals surface area contributed by atoms with Crippen LogP contribution in [0, 0.1) is 0 Å². The number of carbonyl (C=O) groups is 2. The summed E-state index contributed by atoms with van der Waals surface area (Å²) in [5, 5.41) is 14.0. The van der Waals surface area contributed by atoms with Gasteiger partial charge in [-0.15, -0.1) is 5.10 Å². The van der Waals surface area contributed by atoms with Gasteiger partial charge in [-0.2, -0.15) is 4.68 Å². The van der Waals surface area contributed by atoms with Crippen molar-refractivity contribution in [2.45, 2.75) is 13.5 Å². The summed E-state index contributed by atoms with van der Waals surface area (Å²) in [6.45, 7) is 1.74. The van der Waals surface area contributed by atoms with Crippen molar-refractivity contribution in [2.75, 3.05) is 11.9 Å². The summed E-state index contributed by atoms with van der Waals surface area (Å²) in [5.41, 5.74) is 1.16. The highest BCUT2D eigenvalue weighted by molar-refractivity contribution is 5.94. The van der Waals surface area contributed by atoms with E-state index in [9.17, 15) is 14.4 Å². The van der Waals surface area contributed by atoms with Gasteiger partial charge in [-0.25, -0.2) is 14.4 Å². The van der Waals surface area contributed by atoms with Crippen LogP contribution in [0.5, 0.6) is 0 Å². The molecule has 0 unspecified atom stereocenters. The molecule has 2 aromatic carbocycles. The second-order valence-electron chi connectivity index (χ2n) is 6.49. The van der Waals surface area contributed by atoms with E-state index in [0.717, 1.165) is 0 Å². The topological polar surface area (TPSA) is 138 Å². The molecule has 0 aliphatic heterocycles. The maximum Gasteiger partial charge on any atom is 0.411 e. The fourth-order valence-electron chi connectivity index (χ4n) is 3.05. The van der Waals surface area contributed by atoms with Crippen LogP contribution in [-0.4, -0.2) is 38.9 Å². The quantitative estimate of drug-likeness (QED) is 0.358. The number of ether oxygens (including phenoxy) is 2. The Morgan fingerprint density at radius 3 is 2.75 bits per heavy atom. The predicted molar refractivity (Wildman–Crippen MR) is 111 cm³/mol. The van der Waals surface area contributed by atoms with Gasteiger partial charge in [-0.1, -0.05) is 12.1 Å². The summed E-state index contributed by atoms with van der Waals surface area (Å²) in [5.74, 6) is -0.613. The van der Waals surface area contributed by atoms with Crippen molar-refractivity contribution in [2.24, 2.45) is 0 Å². The zero-order valence-corrected chi connectivity index (χ0v) is 16.8. The Morgan fingerprint density at radius 1 is 1.12 bits per heavy atom. The third-order valence-corrected chi connectivity index (χ3v) is 4.43. The number of anilines is 1. The van der Waals surface area contributed by atoms with Gasteiger partial charge in [-0.3, -0.25) is 5.32 Å². The number of benzene rings is 2. The first-order valence-electron chi connectivity index (χ1n) is 9.55. The lowest BCUT2D eigenvalue weighted by Gasteiger charge is -2.11. The van der Waals surface area contributed by atoms with Crippen molar-refractivity contribution in [1.29, 1.82) is 0 Å². The Labute approximate surface area is 180 Å². The van der Waals surface area contributed by atoms with Crippen molar-refractivity contribution in [3.63, 3.8) is 0 Å². The van der Waals surface area contributed by atoms with E-state index < -0.39 is 17.7 Å². The van der Waals surface area contributed by atoms with Gasteiger partial charge in [0.2, 0.25) is 0 Å². The normalized spacial score (nSPS) is 10.7. The number of carbonyl (C=O) groups excluding carboxylic acids is 2.